The van der Waals surface area contributed by atoms with Gasteiger partial charge in [0.2, 0.25) is 11.8 Å². The van der Waals surface area contributed by atoms with Crippen LogP contribution < -0.4 is 5.73 Å². The van der Waals surface area contributed by atoms with E-state index < -0.39 is 5.91 Å². The maximum Gasteiger partial charge on any atom is 0.248 e. The van der Waals surface area contributed by atoms with Gasteiger partial charge in [-0.2, -0.15) is 0 Å². The van der Waals surface area contributed by atoms with Gasteiger partial charge in [0, 0.05) is 22.3 Å². The summed E-state index contributed by atoms with van der Waals surface area (Å²) in [7, 11) is 0. The fourth-order valence-electron chi connectivity index (χ4n) is 5.27. The number of allylic oxidation sites excluding steroid dienone is 2. The van der Waals surface area contributed by atoms with Crippen LogP contribution in [0.1, 0.15) is 34.7 Å². The lowest BCUT2D eigenvalue weighted by Gasteiger charge is -2.14. The molecule has 186 valence electrons. The van der Waals surface area contributed by atoms with E-state index in [1.807, 2.05) is 54.6 Å². The van der Waals surface area contributed by atoms with Crippen LogP contribution in [0.25, 0.3) is 39.3 Å². The lowest BCUT2D eigenvalue weighted by molar-refractivity contribution is 0.100. The van der Waals surface area contributed by atoms with Crippen molar-refractivity contribution < 1.29 is 9.21 Å². The average molecular weight is 497 g/mol. The minimum atomic E-state index is -0.417. The Balaban J connectivity index is 1.31. The zero-order valence-corrected chi connectivity index (χ0v) is 21.0. The Morgan fingerprint density at radius 1 is 0.789 bits per heavy atom. The van der Waals surface area contributed by atoms with Crippen molar-refractivity contribution >= 4 is 11.5 Å². The van der Waals surface area contributed by atoms with E-state index in [2.05, 4.69) is 54.6 Å². The van der Waals surface area contributed by atoms with Crippen molar-refractivity contribution in [2.75, 3.05) is 0 Å². The monoisotopic (exact) mass is 496 g/mol. The van der Waals surface area contributed by atoms with Gasteiger partial charge in [-0.25, -0.2) is 4.98 Å². The van der Waals surface area contributed by atoms with E-state index >= 15 is 0 Å². The molecule has 1 aliphatic rings. The lowest BCUT2D eigenvalue weighted by atomic mass is 9.91. The number of carbonyl (C=O) groups excluding carboxylic acids is 1. The molecule has 4 aromatic carbocycles. The predicted molar refractivity (Wildman–Crippen MR) is 152 cm³/mol. The number of nitrogens with two attached hydrogens (primary N) is 1. The Hall–Kier alpha value is -4.70. The topological polar surface area (TPSA) is 69.1 Å². The molecule has 4 nitrogen and oxygen atoms in total. The second-order valence-electron chi connectivity index (χ2n) is 9.71. The van der Waals surface area contributed by atoms with Crippen LogP contribution in [0.5, 0.6) is 0 Å². The Labute approximate surface area is 222 Å². The van der Waals surface area contributed by atoms with Gasteiger partial charge in [0.1, 0.15) is 5.69 Å². The van der Waals surface area contributed by atoms with Crippen molar-refractivity contribution in [3.63, 3.8) is 0 Å². The summed E-state index contributed by atoms with van der Waals surface area (Å²) >= 11 is 0. The van der Waals surface area contributed by atoms with Crippen LogP contribution >= 0.6 is 0 Å². The van der Waals surface area contributed by atoms with Crippen molar-refractivity contribution in [2.24, 2.45) is 11.7 Å². The second kappa shape index (κ2) is 10.3. The number of nitrogens with zero attached hydrogens (tertiary/aromatic N) is 1. The minimum Gasteiger partial charge on any atom is -0.436 e. The molecule has 0 saturated heterocycles. The molecule has 1 unspecified atom stereocenters. The molecule has 0 bridgehead atoms. The summed E-state index contributed by atoms with van der Waals surface area (Å²) in [5, 5.41) is 0. The molecule has 0 fully saturated rings. The number of hydrogen-bond acceptors (Lipinski definition) is 3. The number of rotatable bonds is 7. The van der Waals surface area contributed by atoms with Crippen LogP contribution in [0, 0.1) is 5.92 Å². The van der Waals surface area contributed by atoms with E-state index in [0.717, 1.165) is 53.0 Å². The van der Waals surface area contributed by atoms with E-state index in [0.29, 0.717) is 17.4 Å². The number of primary amides is 1. The molecule has 5 aromatic rings. The minimum absolute atomic E-state index is 0.313. The molecule has 1 heterocycles. The SMILES string of the molecule is NC(=O)c1cccc(-c2cccc(CC3CCC=C3c3nc(-c4ccccc4)c(-c4ccccc4)o3)c2)c1. The lowest BCUT2D eigenvalue weighted by Crippen LogP contribution is -2.10. The van der Waals surface area contributed by atoms with Crippen molar-refractivity contribution in [1.29, 1.82) is 0 Å². The molecular formula is C34H28N2O2. The summed E-state index contributed by atoms with van der Waals surface area (Å²) in [5.74, 6) is 1.40. The normalized spacial score (nSPS) is 14.8. The molecule has 0 aliphatic heterocycles. The Kier molecular flexibility index (Phi) is 6.45. The molecule has 0 spiro atoms. The highest BCUT2D eigenvalue weighted by Gasteiger charge is 2.27. The average Bonchev–Trinajstić information content (AvgIpc) is 3.61. The summed E-state index contributed by atoms with van der Waals surface area (Å²) in [6.45, 7) is 0. The zero-order chi connectivity index (χ0) is 25.9. The van der Waals surface area contributed by atoms with Crippen molar-refractivity contribution in [3.05, 3.63) is 132 Å². The fraction of sp³-hybridized carbons (Fsp3) is 0.118. The van der Waals surface area contributed by atoms with Gasteiger partial charge in [-0.1, -0.05) is 103 Å². The predicted octanol–water partition coefficient (Wildman–Crippen LogP) is 7.81. The maximum absolute atomic E-state index is 11.7. The molecule has 6 rings (SSSR count). The Bertz CT molecular complexity index is 1560. The van der Waals surface area contributed by atoms with Crippen molar-refractivity contribution in [2.45, 2.75) is 19.3 Å². The van der Waals surface area contributed by atoms with Crippen LogP contribution in [0.15, 0.2) is 120 Å². The summed E-state index contributed by atoms with van der Waals surface area (Å²) in [6, 6.07) is 36.4. The molecule has 1 aliphatic carbocycles. The zero-order valence-electron chi connectivity index (χ0n) is 21.0. The second-order valence-corrected chi connectivity index (χ2v) is 9.71. The van der Waals surface area contributed by atoms with E-state index in [9.17, 15) is 4.79 Å². The first-order chi connectivity index (χ1) is 18.7. The van der Waals surface area contributed by atoms with Crippen LogP contribution in [0.4, 0.5) is 0 Å². The summed E-state index contributed by atoms with van der Waals surface area (Å²) in [5.41, 5.74) is 13.4. The van der Waals surface area contributed by atoms with Crippen molar-refractivity contribution in [3.8, 4) is 33.7 Å². The summed E-state index contributed by atoms with van der Waals surface area (Å²) in [4.78, 5) is 16.7. The van der Waals surface area contributed by atoms with Crippen LogP contribution in [0.3, 0.4) is 0 Å². The van der Waals surface area contributed by atoms with Gasteiger partial charge in [-0.15, -0.1) is 0 Å². The number of oxazole rings is 1. The molecule has 38 heavy (non-hydrogen) atoms. The molecule has 2 N–H and O–H groups in total. The molecule has 1 amide bonds. The largest absolute Gasteiger partial charge is 0.436 e. The first-order valence-electron chi connectivity index (χ1n) is 13.0. The third kappa shape index (κ3) is 4.81. The summed E-state index contributed by atoms with van der Waals surface area (Å²) in [6.07, 6.45) is 5.23. The van der Waals surface area contributed by atoms with Gasteiger partial charge in [0.05, 0.1) is 0 Å². The fourth-order valence-corrected chi connectivity index (χ4v) is 5.27. The molecule has 1 aromatic heterocycles. The molecule has 0 saturated carbocycles. The van der Waals surface area contributed by atoms with Gasteiger partial charge >= 0.3 is 0 Å². The van der Waals surface area contributed by atoms with E-state index in [1.165, 1.54) is 11.1 Å². The van der Waals surface area contributed by atoms with E-state index in [4.69, 9.17) is 15.1 Å². The third-order valence-corrected chi connectivity index (χ3v) is 7.17. The van der Waals surface area contributed by atoms with Gasteiger partial charge in [0.15, 0.2) is 5.76 Å². The van der Waals surface area contributed by atoms with E-state index in [1.54, 1.807) is 6.07 Å². The number of hydrogen-bond donors (Lipinski definition) is 1. The van der Waals surface area contributed by atoms with Crippen LogP contribution in [-0.4, -0.2) is 10.9 Å². The number of aromatic nitrogens is 1. The first-order valence-corrected chi connectivity index (χ1v) is 13.0. The Morgan fingerprint density at radius 3 is 2.18 bits per heavy atom. The highest BCUT2D eigenvalue weighted by atomic mass is 16.4. The van der Waals surface area contributed by atoms with Gasteiger partial charge in [-0.3, -0.25) is 4.79 Å². The molecule has 0 radical (unpaired) electrons. The number of amides is 1. The maximum atomic E-state index is 11.7. The van der Waals surface area contributed by atoms with Crippen LogP contribution in [-0.2, 0) is 6.42 Å². The first kappa shape index (κ1) is 23.7. The van der Waals surface area contributed by atoms with Gasteiger partial charge in [0.25, 0.3) is 0 Å². The van der Waals surface area contributed by atoms with E-state index in [-0.39, 0.29) is 0 Å². The number of carbonyl (C=O) groups is 1. The van der Waals surface area contributed by atoms with Crippen molar-refractivity contribution in [1.82, 2.24) is 4.98 Å². The molecule has 1 atom stereocenters. The quantitative estimate of drug-likeness (QED) is 0.250. The highest BCUT2D eigenvalue weighted by molar-refractivity contribution is 5.94. The smallest absolute Gasteiger partial charge is 0.248 e. The summed E-state index contributed by atoms with van der Waals surface area (Å²) < 4.78 is 6.51. The molecular weight excluding hydrogens is 468 g/mol. The number of benzene rings is 4. The highest BCUT2D eigenvalue weighted by Crippen LogP contribution is 2.41. The third-order valence-electron chi connectivity index (χ3n) is 7.17. The Morgan fingerprint density at radius 2 is 1.45 bits per heavy atom. The molecule has 4 heteroatoms. The van der Waals surface area contributed by atoms with Crippen LogP contribution in [0.2, 0.25) is 0 Å². The standard InChI is InChI=1S/C34H28N2O2/c35-33(37)29-18-8-16-27(22-29)26-15-7-10-23(20-26)21-28-17-9-19-30(28)34-36-31(24-11-3-1-4-12-24)32(38-34)25-13-5-2-6-14-25/h1-8,10-16,18-20,22,28H,9,17,21H2,(H2,35,37). The van der Waals surface area contributed by atoms with Gasteiger partial charge < -0.3 is 10.2 Å². The van der Waals surface area contributed by atoms with Gasteiger partial charge in [-0.05, 0) is 54.0 Å².